The van der Waals surface area contributed by atoms with E-state index in [-0.39, 0.29) is 5.91 Å². The van der Waals surface area contributed by atoms with Gasteiger partial charge in [-0.25, -0.2) is 0 Å². The highest BCUT2D eigenvalue weighted by atomic mass is 32.1. The van der Waals surface area contributed by atoms with Gasteiger partial charge in [0.1, 0.15) is 0 Å². The van der Waals surface area contributed by atoms with Gasteiger partial charge in [-0.15, -0.1) is 11.3 Å². The lowest BCUT2D eigenvalue weighted by Crippen LogP contribution is -2.13. The summed E-state index contributed by atoms with van der Waals surface area (Å²) in [5.41, 5.74) is 7.00. The van der Waals surface area contributed by atoms with Crippen LogP contribution >= 0.6 is 11.3 Å². The molecule has 0 aliphatic carbocycles. The minimum atomic E-state index is -0.346. The fourth-order valence-electron chi connectivity index (χ4n) is 1.69. The monoisotopic (exact) mass is 231 g/mol. The van der Waals surface area contributed by atoms with Crippen molar-refractivity contribution < 1.29 is 4.79 Å². The van der Waals surface area contributed by atoms with E-state index in [2.05, 4.69) is 11.4 Å². The van der Waals surface area contributed by atoms with Crippen molar-refractivity contribution in [2.75, 3.05) is 0 Å². The Morgan fingerprint density at radius 1 is 1.12 bits per heavy atom. The number of thiophene rings is 1. The van der Waals surface area contributed by atoms with Crippen LogP contribution in [0, 0.1) is 0 Å². The van der Waals surface area contributed by atoms with Crippen molar-refractivity contribution >= 4 is 17.2 Å². The van der Waals surface area contributed by atoms with Crippen molar-refractivity contribution in [3.8, 4) is 0 Å². The number of aryl methyl sites for hydroxylation is 2. The van der Waals surface area contributed by atoms with E-state index in [1.54, 1.807) is 17.4 Å². The van der Waals surface area contributed by atoms with Crippen LogP contribution < -0.4 is 5.73 Å². The Balaban J connectivity index is 2.12. The summed E-state index contributed by atoms with van der Waals surface area (Å²) in [6.07, 6.45) is 1.82. The lowest BCUT2D eigenvalue weighted by Gasteiger charge is -2.05. The Labute approximate surface area is 98.7 Å². The van der Waals surface area contributed by atoms with Gasteiger partial charge in [0.15, 0.2) is 0 Å². The second-order valence-electron chi connectivity index (χ2n) is 3.60. The second kappa shape index (κ2) is 4.94. The molecular weight excluding hydrogens is 218 g/mol. The Morgan fingerprint density at radius 2 is 1.94 bits per heavy atom. The van der Waals surface area contributed by atoms with Gasteiger partial charge < -0.3 is 5.73 Å². The fraction of sp³-hybridized carbons (Fsp3) is 0.154. The Hall–Kier alpha value is -1.61. The van der Waals surface area contributed by atoms with Crippen LogP contribution in [0.2, 0.25) is 0 Å². The van der Waals surface area contributed by atoms with Crippen LogP contribution in [0.1, 0.15) is 20.8 Å². The first-order valence-electron chi connectivity index (χ1n) is 5.17. The highest BCUT2D eigenvalue weighted by Crippen LogP contribution is 2.15. The third-order valence-corrected chi connectivity index (χ3v) is 3.44. The summed E-state index contributed by atoms with van der Waals surface area (Å²) in [6, 6.07) is 11.7. The van der Waals surface area contributed by atoms with Crippen LogP contribution in [-0.4, -0.2) is 5.91 Å². The predicted octanol–water partition coefficient (Wildman–Crippen LogP) is 2.63. The summed E-state index contributed by atoms with van der Waals surface area (Å²) in [6.45, 7) is 0. The largest absolute Gasteiger partial charge is 0.366 e. The van der Waals surface area contributed by atoms with Crippen LogP contribution in [0.5, 0.6) is 0 Å². The average molecular weight is 231 g/mol. The molecule has 2 rings (SSSR count). The third kappa shape index (κ3) is 2.49. The lowest BCUT2D eigenvalue weighted by molar-refractivity contribution is 0.0999. The van der Waals surface area contributed by atoms with Gasteiger partial charge in [0.05, 0.1) is 0 Å². The smallest absolute Gasteiger partial charge is 0.248 e. The number of rotatable bonds is 4. The highest BCUT2D eigenvalue weighted by Gasteiger charge is 2.06. The molecule has 2 N–H and O–H groups in total. The third-order valence-electron chi connectivity index (χ3n) is 2.50. The Kier molecular flexibility index (Phi) is 3.37. The molecule has 82 valence electrons. The van der Waals surface area contributed by atoms with Crippen LogP contribution in [0.4, 0.5) is 0 Å². The number of carbonyl (C=O) groups excluding carboxylic acids is 1. The average Bonchev–Trinajstić information content (AvgIpc) is 2.79. The maximum absolute atomic E-state index is 11.2. The molecule has 0 radical (unpaired) electrons. The number of hydrogen-bond acceptors (Lipinski definition) is 2. The number of amides is 1. The molecule has 0 saturated heterocycles. The molecule has 0 atom stereocenters. The van der Waals surface area contributed by atoms with Crippen molar-refractivity contribution in [3.05, 3.63) is 57.8 Å². The van der Waals surface area contributed by atoms with Gasteiger partial charge in [-0.3, -0.25) is 4.79 Å². The van der Waals surface area contributed by atoms with E-state index in [0.717, 1.165) is 18.4 Å². The zero-order valence-corrected chi connectivity index (χ0v) is 9.67. The van der Waals surface area contributed by atoms with Gasteiger partial charge in [-0.2, -0.15) is 0 Å². The molecular formula is C13H13NOS. The number of hydrogen-bond donors (Lipinski definition) is 1. The molecule has 2 aromatic rings. The lowest BCUT2D eigenvalue weighted by atomic mass is 10.0. The number of benzene rings is 1. The van der Waals surface area contributed by atoms with E-state index in [0.29, 0.717) is 5.56 Å². The van der Waals surface area contributed by atoms with Gasteiger partial charge in [0.25, 0.3) is 0 Å². The van der Waals surface area contributed by atoms with E-state index in [4.69, 9.17) is 5.73 Å². The van der Waals surface area contributed by atoms with E-state index >= 15 is 0 Å². The van der Waals surface area contributed by atoms with E-state index in [1.807, 2.05) is 24.3 Å². The Bertz CT molecular complexity index is 476. The van der Waals surface area contributed by atoms with Gasteiger partial charge in [-0.05, 0) is 35.9 Å². The highest BCUT2D eigenvalue weighted by molar-refractivity contribution is 7.09. The maximum atomic E-state index is 11.2. The molecule has 2 nitrogen and oxygen atoms in total. The summed E-state index contributed by atoms with van der Waals surface area (Å²) >= 11 is 1.74. The second-order valence-corrected chi connectivity index (χ2v) is 4.63. The van der Waals surface area contributed by atoms with Crippen molar-refractivity contribution in [1.82, 2.24) is 0 Å². The van der Waals surface area contributed by atoms with Gasteiger partial charge >= 0.3 is 0 Å². The molecule has 1 amide bonds. The summed E-state index contributed by atoms with van der Waals surface area (Å²) < 4.78 is 0. The van der Waals surface area contributed by atoms with Crippen LogP contribution in [0.3, 0.4) is 0 Å². The molecule has 1 aromatic carbocycles. The topological polar surface area (TPSA) is 43.1 Å². The van der Waals surface area contributed by atoms with Crippen LogP contribution in [0.15, 0.2) is 41.8 Å². The van der Waals surface area contributed by atoms with Crippen molar-refractivity contribution in [2.24, 2.45) is 5.73 Å². The molecule has 3 heteroatoms. The number of carbonyl (C=O) groups is 1. The molecule has 0 bridgehead atoms. The van der Waals surface area contributed by atoms with E-state index in [1.165, 1.54) is 4.88 Å². The molecule has 16 heavy (non-hydrogen) atoms. The minimum Gasteiger partial charge on any atom is -0.366 e. The normalized spacial score (nSPS) is 10.2. The number of primary amides is 1. The number of nitrogens with two attached hydrogens (primary N) is 1. The summed E-state index contributed by atoms with van der Waals surface area (Å²) in [7, 11) is 0. The van der Waals surface area contributed by atoms with Crippen LogP contribution in [0.25, 0.3) is 0 Å². The van der Waals surface area contributed by atoms with Crippen LogP contribution in [-0.2, 0) is 12.8 Å². The van der Waals surface area contributed by atoms with Crippen molar-refractivity contribution in [2.45, 2.75) is 12.8 Å². The first-order valence-corrected chi connectivity index (χ1v) is 6.05. The molecule has 0 aliphatic rings. The zero-order chi connectivity index (χ0) is 11.4. The zero-order valence-electron chi connectivity index (χ0n) is 8.85. The van der Waals surface area contributed by atoms with Crippen molar-refractivity contribution in [1.29, 1.82) is 0 Å². The first kappa shape index (κ1) is 10.9. The van der Waals surface area contributed by atoms with Gasteiger partial charge in [-0.1, -0.05) is 24.3 Å². The molecule has 1 aromatic heterocycles. The molecule has 0 fully saturated rings. The van der Waals surface area contributed by atoms with Crippen molar-refractivity contribution in [3.63, 3.8) is 0 Å². The molecule has 0 aliphatic heterocycles. The molecule has 1 heterocycles. The molecule has 0 saturated carbocycles. The molecule has 0 spiro atoms. The SMILES string of the molecule is NC(=O)c1ccccc1CCc1cccs1. The summed E-state index contributed by atoms with van der Waals surface area (Å²) in [4.78, 5) is 12.5. The summed E-state index contributed by atoms with van der Waals surface area (Å²) in [5.74, 6) is -0.346. The van der Waals surface area contributed by atoms with Gasteiger partial charge in [0, 0.05) is 10.4 Å². The van der Waals surface area contributed by atoms with E-state index in [9.17, 15) is 4.79 Å². The van der Waals surface area contributed by atoms with E-state index < -0.39 is 0 Å². The standard InChI is InChI=1S/C13H13NOS/c14-13(15)12-6-2-1-4-10(12)7-8-11-5-3-9-16-11/h1-6,9H,7-8H2,(H2,14,15). The quantitative estimate of drug-likeness (QED) is 0.863. The van der Waals surface area contributed by atoms with Gasteiger partial charge in [0.2, 0.25) is 5.91 Å². The molecule has 0 unspecified atom stereocenters. The fourth-order valence-corrected chi connectivity index (χ4v) is 2.40. The Morgan fingerprint density at radius 3 is 2.62 bits per heavy atom. The first-order chi connectivity index (χ1) is 7.77. The predicted molar refractivity (Wildman–Crippen MR) is 66.7 cm³/mol. The minimum absolute atomic E-state index is 0.346. The maximum Gasteiger partial charge on any atom is 0.248 e. The summed E-state index contributed by atoms with van der Waals surface area (Å²) in [5, 5.41) is 2.06.